The molecule has 1 N–H and O–H groups in total. The van der Waals surface area contributed by atoms with Crippen LogP contribution in [0.25, 0.3) is 0 Å². The molecule has 0 amide bonds. The number of aromatic nitrogens is 1. The highest BCUT2D eigenvalue weighted by atomic mass is 32.1. The van der Waals surface area contributed by atoms with E-state index < -0.39 is 0 Å². The first kappa shape index (κ1) is 11.3. The Morgan fingerprint density at radius 2 is 2.06 bits per heavy atom. The smallest absolute Gasteiger partial charge is 0.0570 e. The molecule has 0 spiro atoms. The number of hydrogen-bond acceptors (Lipinski definition) is 3. The van der Waals surface area contributed by atoms with Gasteiger partial charge in [0.2, 0.25) is 0 Å². The van der Waals surface area contributed by atoms with Crippen molar-refractivity contribution in [3.63, 3.8) is 0 Å². The van der Waals surface area contributed by atoms with Gasteiger partial charge in [0.15, 0.2) is 0 Å². The van der Waals surface area contributed by atoms with Crippen molar-refractivity contribution in [3.8, 4) is 0 Å². The molecule has 0 radical (unpaired) electrons. The van der Waals surface area contributed by atoms with Gasteiger partial charge in [-0.05, 0) is 48.4 Å². The molecule has 2 rings (SSSR count). The third-order valence-corrected chi connectivity index (χ3v) is 3.38. The summed E-state index contributed by atoms with van der Waals surface area (Å²) in [6, 6.07) is 8.82. The average molecular weight is 232 g/mol. The summed E-state index contributed by atoms with van der Waals surface area (Å²) >= 11 is 1.74. The number of hydrogen-bond donors (Lipinski definition) is 1. The van der Waals surface area contributed by atoms with E-state index in [9.17, 15) is 0 Å². The van der Waals surface area contributed by atoms with Crippen molar-refractivity contribution >= 4 is 11.3 Å². The Bertz CT molecular complexity index is 411. The molecule has 0 aliphatic heterocycles. The average Bonchev–Trinajstić information content (AvgIpc) is 2.83. The van der Waals surface area contributed by atoms with Crippen LogP contribution in [0.4, 0.5) is 0 Å². The van der Waals surface area contributed by atoms with E-state index in [1.54, 1.807) is 11.3 Å². The number of pyridine rings is 1. The number of nitrogens with zero attached hydrogens (tertiary/aromatic N) is 1. The SMILES string of the molecule is CC(N[C@@H](C)c1ccccn1)c1ccsc1. The van der Waals surface area contributed by atoms with Crippen LogP contribution in [0.1, 0.15) is 37.2 Å². The quantitative estimate of drug-likeness (QED) is 0.872. The second-order valence-electron chi connectivity index (χ2n) is 3.92. The van der Waals surface area contributed by atoms with Crippen LogP contribution in [0, 0.1) is 0 Å². The highest BCUT2D eigenvalue weighted by Crippen LogP contribution is 2.19. The second kappa shape index (κ2) is 5.23. The summed E-state index contributed by atoms with van der Waals surface area (Å²) in [6.07, 6.45) is 1.84. The van der Waals surface area contributed by atoms with Crippen LogP contribution in [0.2, 0.25) is 0 Å². The van der Waals surface area contributed by atoms with Gasteiger partial charge in [-0.2, -0.15) is 11.3 Å². The lowest BCUT2D eigenvalue weighted by molar-refractivity contribution is 0.487. The minimum atomic E-state index is 0.274. The number of rotatable bonds is 4. The highest BCUT2D eigenvalue weighted by molar-refractivity contribution is 7.07. The Kier molecular flexibility index (Phi) is 3.70. The maximum atomic E-state index is 4.35. The van der Waals surface area contributed by atoms with E-state index in [1.165, 1.54) is 5.56 Å². The molecule has 2 aromatic heterocycles. The van der Waals surface area contributed by atoms with Gasteiger partial charge in [-0.25, -0.2) is 0 Å². The molecular formula is C13H16N2S. The van der Waals surface area contributed by atoms with Crippen LogP contribution in [0.5, 0.6) is 0 Å². The van der Waals surface area contributed by atoms with Gasteiger partial charge in [0.05, 0.1) is 5.69 Å². The van der Waals surface area contributed by atoms with Gasteiger partial charge in [-0.3, -0.25) is 4.98 Å². The van der Waals surface area contributed by atoms with Crippen LogP contribution < -0.4 is 5.32 Å². The van der Waals surface area contributed by atoms with E-state index in [4.69, 9.17) is 0 Å². The van der Waals surface area contributed by atoms with E-state index in [1.807, 2.05) is 18.3 Å². The van der Waals surface area contributed by atoms with E-state index in [0.717, 1.165) is 5.69 Å². The zero-order chi connectivity index (χ0) is 11.4. The molecule has 0 saturated heterocycles. The first-order valence-corrected chi connectivity index (χ1v) is 6.40. The van der Waals surface area contributed by atoms with Gasteiger partial charge in [0.1, 0.15) is 0 Å². The molecule has 2 aromatic rings. The van der Waals surface area contributed by atoms with Gasteiger partial charge < -0.3 is 5.32 Å². The van der Waals surface area contributed by atoms with Crippen molar-refractivity contribution in [1.29, 1.82) is 0 Å². The zero-order valence-corrected chi connectivity index (χ0v) is 10.4. The predicted molar refractivity (Wildman–Crippen MR) is 68.5 cm³/mol. The summed E-state index contributed by atoms with van der Waals surface area (Å²) in [5.74, 6) is 0. The summed E-state index contributed by atoms with van der Waals surface area (Å²) in [5, 5.41) is 7.84. The van der Waals surface area contributed by atoms with Gasteiger partial charge in [0, 0.05) is 18.3 Å². The van der Waals surface area contributed by atoms with Crippen molar-refractivity contribution in [2.75, 3.05) is 0 Å². The monoisotopic (exact) mass is 232 g/mol. The molecule has 3 heteroatoms. The molecule has 84 valence electrons. The molecule has 2 atom stereocenters. The molecular weight excluding hydrogens is 216 g/mol. The topological polar surface area (TPSA) is 24.9 Å². The van der Waals surface area contributed by atoms with E-state index in [2.05, 4.69) is 47.0 Å². The maximum absolute atomic E-state index is 4.35. The Hall–Kier alpha value is -1.19. The normalized spacial score (nSPS) is 14.6. The van der Waals surface area contributed by atoms with Crippen molar-refractivity contribution < 1.29 is 0 Å². The molecule has 0 fully saturated rings. The van der Waals surface area contributed by atoms with Crippen molar-refractivity contribution in [2.45, 2.75) is 25.9 Å². The van der Waals surface area contributed by atoms with Crippen LogP contribution >= 0.6 is 11.3 Å². The molecule has 1 unspecified atom stereocenters. The van der Waals surface area contributed by atoms with E-state index in [-0.39, 0.29) is 6.04 Å². The Balaban J connectivity index is 2.00. The summed E-state index contributed by atoms with van der Waals surface area (Å²) in [5.41, 5.74) is 2.43. The van der Waals surface area contributed by atoms with Crippen molar-refractivity contribution in [1.82, 2.24) is 10.3 Å². The van der Waals surface area contributed by atoms with Crippen LogP contribution in [-0.2, 0) is 0 Å². The second-order valence-corrected chi connectivity index (χ2v) is 4.70. The lowest BCUT2D eigenvalue weighted by atomic mass is 10.1. The molecule has 16 heavy (non-hydrogen) atoms. The van der Waals surface area contributed by atoms with Crippen LogP contribution in [0.15, 0.2) is 41.2 Å². The number of thiophene rings is 1. The fraction of sp³-hybridized carbons (Fsp3) is 0.308. The zero-order valence-electron chi connectivity index (χ0n) is 9.55. The standard InChI is InChI=1S/C13H16N2S/c1-10(12-6-8-16-9-12)15-11(2)13-5-3-4-7-14-13/h3-11,15H,1-2H3/t10?,11-/m0/s1. The Morgan fingerprint density at radius 3 is 2.69 bits per heavy atom. The Labute approximate surface area is 100 Å². The van der Waals surface area contributed by atoms with Gasteiger partial charge in [-0.15, -0.1) is 0 Å². The highest BCUT2D eigenvalue weighted by Gasteiger charge is 2.11. The van der Waals surface area contributed by atoms with E-state index in [0.29, 0.717) is 6.04 Å². The fourth-order valence-electron chi connectivity index (χ4n) is 1.71. The summed E-state index contributed by atoms with van der Waals surface area (Å²) in [7, 11) is 0. The van der Waals surface area contributed by atoms with Crippen LogP contribution in [-0.4, -0.2) is 4.98 Å². The first-order chi connectivity index (χ1) is 7.77. The predicted octanol–water partition coefficient (Wildman–Crippen LogP) is 3.55. The lowest BCUT2D eigenvalue weighted by Gasteiger charge is -2.18. The summed E-state index contributed by atoms with van der Waals surface area (Å²) < 4.78 is 0. The maximum Gasteiger partial charge on any atom is 0.0570 e. The Morgan fingerprint density at radius 1 is 1.19 bits per heavy atom. The molecule has 0 saturated carbocycles. The first-order valence-electron chi connectivity index (χ1n) is 5.46. The molecule has 0 aliphatic rings. The minimum absolute atomic E-state index is 0.274. The van der Waals surface area contributed by atoms with Crippen molar-refractivity contribution in [3.05, 3.63) is 52.5 Å². The van der Waals surface area contributed by atoms with E-state index >= 15 is 0 Å². The third kappa shape index (κ3) is 2.68. The minimum Gasteiger partial charge on any atom is -0.302 e. The summed E-state index contributed by atoms with van der Waals surface area (Å²) in [6.45, 7) is 4.33. The molecule has 2 nitrogen and oxygen atoms in total. The number of nitrogens with one attached hydrogen (secondary N) is 1. The molecule has 0 bridgehead atoms. The van der Waals surface area contributed by atoms with Crippen molar-refractivity contribution in [2.24, 2.45) is 0 Å². The molecule has 0 aromatic carbocycles. The molecule has 0 aliphatic carbocycles. The fourth-order valence-corrected chi connectivity index (χ4v) is 2.46. The molecule has 2 heterocycles. The lowest BCUT2D eigenvalue weighted by Crippen LogP contribution is -2.22. The van der Waals surface area contributed by atoms with Gasteiger partial charge in [-0.1, -0.05) is 6.07 Å². The summed E-state index contributed by atoms with van der Waals surface area (Å²) in [4.78, 5) is 4.35. The van der Waals surface area contributed by atoms with Gasteiger partial charge in [0.25, 0.3) is 0 Å². The largest absolute Gasteiger partial charge is 0.302 e. The third-order valence-electron chi connectivity index (χ3n) is 2.67. The van der Waals surface area contributed by atoms with Crippen LogP contribution in [0.3, 0.4) is 0 Å². The van der Waals surface area contributed by atoms with Gasteiger partial charge >= 0.3 is 0 Å².